The third-order valence-electron chi connectivity index (χ3n) is 5.31. The van der Waals surface area contributed by atoms with Crippen molar-refractivity contribution in [2.45, 2.75) is 58.4 Å². The third-order valence-corrected chi connectivity index (χ3v) is 6.32. The molecule has 0 unspecified atom stereocenters. The van der Waals surface area contributed by atoms with E-state index in [1.807, 2.05) is 12.2 Å². The van der Waals surface area contributed by atoms with Crippen molar-refractivity contribution in [2.24, 2.45) is 11.8 Å². The molecule has 1 saturated heterocycles. The van der Waals surface area contributed by atoms with E-state index >= 15 is 0 Å². The fourth-order valence-electron chi connectivity index (χ4n) is 3.62. The van der Waals surface area contributed by atoms with Crippen LogP contribution in [0, 0.1) is 11.8 Å². The summed E-state index contributed by atoms with van der Waals surface area (Å²) in [6, 6.07) is -0.860. The summed E-state index contributed by atoms with van der Waals surface area (Å²) in [4.78, 5) is 38.9. The molecule has 8 heteroatoms. The highest BCUT2D eigenvalue weighted by atomic mass is 32.1. The first-order valence-electron chi connectivity index (χ1n) is 9.14. The molecule has 1 fully saturated rings. The van der Waals surface area contributed by atoms with Crippen LogP contribution in [0.3, 0.4) is 0 Å². The number of hydrogen-bond acceptors (Lipinski definition) is 6. The fourth-order valence-corrected chi connectivity index (χ4v) is 4.64. The van der Waals surface area contributed by atoms with Gasteiger partial charge in [-0.2, -0.15) is 0 Å². The Balaban J connectivity index is 1.68. The van der Waals surface area contributed by atoms with E-state index in [1.54, 1.807) is 6.92 Å². The number of nitrogens with zero attached hydrogens (tertiary/aromatic N) is 3. The summed E-state index contributed by atoms with van der Waals surface area (Å²) >= 11 is 1.35. The number of aromatic nitrogens is 2. The summed E-state index contributed by atoms with van der Waals surface area (Å²) in [7, 11) is 0. The van der Waals surface area contributed by atoms with Crippen LogP contribution in [0.5, 0.6) is 0 Å². The number of nitrogens with one attached hydrogen (secondary N) is 1. The summed E-state index contributed by atoms with van der Waals surface area (Å²) in [5, 5.41) is 12.2. The van der Waals surface area contributed by atoms with E-state index in [0.717, 1.165) is 22.7 Å². The van der Waals surface area contributed by atoms with Gasteiger partial charge < -0.3 is 0 Å². The first-order valence-corrected chi connectivity index (χ1v) is 9.95. The van der Waals surface area contributed by atoms with Crippen LogP contribution in [0.25, 0.3) is 0 Å². The van der Waals surface area contributed by atoms with Gasteiger partial charge in [0.05, 0.1) is 11.8 Å². The lowest BCUT2D eigenvalue weighted by Crippen LogP contribution is -2.46. The molecule has 7 nitrogen and oxygen atoms in total. The minimum absolute atomic E-state index is 0.248. The zero-order valence-electron chi connectivity index (χ0n) is 15.3. The number of fused-ring (bicyclic) bond motifs is 1. The van der Waals surface area contributed by atoms with Gasteiger partial charge in [-0.05, 0) is 32.6 Å². The van der Waals surface area contributed by atoms with Crippen molar-refractivity contribution in [3.05, 3.63) is 17.2 Å². The Bertz CT molecular complexity index is 715. The zero-order chi connectivity index (χ0) is 18.8. The molecule has 3 atom stereocenters. The topological polar surface area (TPSA) is 92.3 Å². The smallest absolute Gasteiger partial charge is 0.249 e. The van der Waals surface area contributed by atoms with Crippen LogP contribution < -0.4 is 5.32 Å². The molecule has 1 aliphatic carbocycles. The molecular formula is C18H24N4O3S. The minimum atomic E-state index is -0.860. The highest BCUT2D eigenvalue weighted by Gasteiger charge is 2.50. The third kappa shape index (κ3) is 3.30. The lowest BCUT2D eigenvalue weighted by Gasteiger charge is -2.21. The van der Waals surface area contributed by atoms with Gasteiger partial charge in [0.2, 0.25) is 22.9 Å². The molecule has 0 aromatic carbocycles. The average Bonchev–Trinajstić information content (AvgIpc) is 3.19. The first-order chi connectivity index (χ1) is 12.5. The van der Waals surface area contributed by atoms with Gasteiger partial charge in [0.25, 0.3) is 0 Å². The SMILES string of the molecule is CCC(CC)c1nnc(NC(=O)[C@H](C)N2C(=O)[C@H]3CC=CC[C@H]3C2=O)s1. The van der Waals surface area contributed by atoms with E-state index in [2.05, 4.69) is 29.4 Å². The van der Waals surface area contributed by atoms with Crippen molar-refractivity contribution in [3.63, 3.8) is 0 Å². The van der Waals surface area contributed by atoms with Crippen molar-refractivity contribution in [1.29, 1.82) is 0 Å². The lowest BCUT2D eigenvalue weighted by molar-refractivity contribution is -0.146. The monoisotopic (exact) mass is 376 g/mol. The Kier molecular flexibility index (Phi) is 5.50. The van der Waals surface area contributed by atoms with Crippen LogP contribution in [0.2, 0.25) is 0 Å². The predicted molar refractivity (Wildman–Crippen MR) is 98.5 cm³/mol. The van der Waals surface area contributed by atoms with Gasteiger partial charge in [-0.25, -0.2) is 0 Å². The van der Waals surface area contributed by atoms with E-state index in [4.69, 9.17) is 0 Å². The second-order valence-electron chi connectivity index (χ2n) is 6.83. The molecule has 0 spiro atoms. The standard InChI is InChI=1S/C18H24N4O3S/c1-4-11(5-2)15-20-21-18(26-15)19-14(23)10(3)22-16(24)12-8-6-7-9-13(12)17(22)25/h6-7,10-13H,4-5,8-9H2,1-3H3,(H,19,21,23)/t10-,12-,13+/m0/s1. The first kappa shape index (κ1) is 18.7. The van der Waals surface area contributed by atoms with E-state index in [1.165, 1.54) is 11.3 Å². The molecule has 1 aromatic rings. The van der Waals surface area contributed by atoms with Crippen molar-refractivity contribution >= 4 is 34.2 Å². The van der Waals surface area contributed by atoms with Crippen molar-refractivity contribution in [1.82, 2.24) is 15.1 Å². The zero-order valence-corrected chi connectivity index (χ0v) is 16.1. The van der Waals surface area contributed by atoms with Gasteiger partial charge in [-0.3, -0.25) is 24.6 Å². The lowest BCUT2D eigenvalue weighted by atomic mass is 9.85. The van der Waals surface area contributed by atoms with E-state index in [0.29, 0.717) is 23.9 Å². The Labute approximate surface area is 156 Å². The van der Waals surface area contributed by atoms with Gasteiger partial charge in [0, 0.05) is 5.92 Å². The largest absolute Gasteiger partial charge is 0.299 e. The normalized spacial score (nSPS) is 23.5. The molecule has 0 radical (unpaired) electrons. The predicted octanol–water partition coefficient (Wildman–Crippen LogP) is 2.72. The van der Waals surface area contributed by atoms with Crippen molar-refractivity contribution < 1.29 is 14.4 Å². The van der Waals surface area contributed by atoms with Crippen LogP contribution >= 0.6 is 11.3 Å². The van der Waals surface area contributed by atoms with Crippen molar-refractivity contribution in [2.75, 3.05) is 5.32 Å². The Morgan fingerprint density at radius 2 is 1.77 bits per heavy atom. The van der Waals surface area contributed by atoms with Crippen LogP contribution in [0.15, 0.2) is 12.2 Å². The summed E-state index contributed by atoms with van der Waals surface area (Å²) in [6.07, 6.45) is 6.92. The van der Waals surface area contributed by atoms with Gasteiger partial charge >= 0.3 is 0 Å². The number of amides is 3. The van der Waals surface area contributed by atoms with Gasteiger partial charge in [-0.1, -0.05) is 37.3 Å². The maximum absolute atomic E-state index is 12.6. The maximum Gasteiger partial charge on any atom is 0.249 e. The molecule has 2 heterocycles. The van der Waals surface area contributed by atoms with E-state index < -0.39 is 11.9 Å². The van der Waals surface area contributed by atoms with Crippen LogP contribution in [-0.2, 0) is 14.4 Å². The molecule has 0 saturated carbocycles. The molecule has 2 aliphatic rings. The maximum atomic E-state index is 12.6. The van der Waals surface area contributed by atoms with Crippen molar-refractivity contribution in [3.8, 4) is 0 Å². The quantitative estimate of drug-likeness (QED) is 0.609. The van der Waals surface area contributed by atoms with Crippen LogP contribution in [0.4, 0.5) is 5.13 Å². The van der Waals surface area contributed by atoms with Gasteiger partial charge in [-0.15, -0.1) is 10.2 Å². The molecule has 140 valence electrons. The number of hydrogen-bond donors (Lipinski definition) is 1. The summed E-state index contributed by atoms with van der Waals surface area (Å²) in [5.74, 6) is -1.24. The fraction of sp³-hybridized carbons (Fsp3) is 0.611. The molecule has 3 rings (SSSR count). The Morgan fingerprint density at radius 1 is 1.19 bits per heavy atom. The second-order valence-corrected chi connectivity index (χ2v) is 7.84. The summed E-state index contributed by atoms with van der Waals surface area (Å²) in [6.45, 7) is 5.77. The van der Waals surface area contributed by atoms with E-state index in [-0.39, 0.29) is 23.7 Å². The number of anilines is 1. The minimum Gasteiger partial charge on any atom is -0.299 e. The highest BCUT2D eigenvalue weighted by Crippen LogP contribution is 2.36. The molecule has 1 aliphatic heterocycles. The number of rotatable bonds is 6. The highest BCUT2D eigenvalue weighted by molar-refractivity contribution is 7.15. The molecule has 1 N–H and O–H groups in total. The molecule has 3 amide bonds. The molecule has 0 bridgehead atoms. The summed E-state index contributed by atoms with van der Waals surface area (Å²) < 4.78 is 0. The number of allylic oxidation sites excluding steroid dienone is 2. The number of carbonyl (C=O) groups is 3. The Hall–Kier alpha value is -2.09. The van der Waals surface area contributed by atoms with Crippen LogP contribution in [0.1, 0.15) is 57.4 Å². The average molecular weight is 376 g/mol. The van der Waals surface area contributed by atoms with Gasteiger partial charge in [0.1, 0.15) is 11.0 Å². The van der Waals surface area contributed by atoms with Crippen LogP contribution in [-0.4, -0.2) is 38.9 Å². The molecular weight excluding hydrogens is 352 g/mol. The number of likely N-dealkylation sites (tertiary alicyclic amines) is 1. The van der Waals surface area contributed by atoms with E-state index in [9.17, 15) is 14.4 Å². The van der Waals surface area contributed by atoms with Gasteiger partial charge in [0.15, 0.2) is 0 Å². The summed E-state index contributed by atoms with van der Waals surface area (Å²) in [5.41, 5.74) is 0. The second kappa shape index (κ2) is 7.65. The molecule has 26 heavy (non-hydrogen) atoms. The number of imide groups is 1. The number of carbonyl (C=O) groups excluding carboxylic acids is 3. The molecule has 1 aromatic heterocycles. The Morgan fingerprint density at radius 3 is 2.31 bits per heavy atom.